The lowest BCUT2D eigenvalue weighted by atomic mass is 10.1. The van der Waals surface area contributed by atoms with Gasteiger partial charge in [-0.1, -0.05) is 42.5 Å². The molecule has 3 aromatic rings. The molecule has 2 N–H and O–H groups in total. The van der Waals surface area contributed by atoms with Gasteiger partial charge in [-0.15, -0.1) is 0 Å². The van der Waals surface area contributed by atoms with Crippen molar-refractivity contribution in [3.63, 3.8) is 0 Å². The molecule has 0 bridgehead atoms. The summed E-state index contributed by atoms with van der Waals surface area (Å²) in [5, 5.41) is 5.73. The van der Waals surface area contributed by atoms with Crippen LogP contribution in [0.3, 0.4) is 0 Å². The van der Waals surface area contributed by atoms with Gasteiger partial charge in [-0.2, -0.15) is 0 Å². The minimum absolute atomic E-state index is 0.171. The van der Waals surface area contributed by atoms with Crippen LogP contribution in [-0.2, 0) is 11.2 Å². The van der Waals surface area contributed by atoms with Crippen molar-refractivity contribution in [3.05, 3.63) is 95.6 Å². The largest absolute Gasteiger partial charge is 0.332 e. The molecule has 1 heterocycles. The number of hydrogen-bond acceptors (Lipinski definition) is 4. The molecule has 4 rings (SSSR count). The maximum Gasteiger partial charge on any atom is 0.266 e. The number of amides is 3. The molecule has 3 amide bonds. The van der Waals surface area contributed by atoms with E-state index in [2.05, 4.69) is 10.6 Å². The molecular formula is C23H17N3O3S. The van der Waals surface area contributed by atoms with Crippen LogP contribution >= 0.6 is 12.2 Å². The first-order chi connectivity index (χ1) is 14.5. The van der Waals surface area contributed by atoms with Gasteiger partial charge in [-0.25, -0.2) is 4.90 Å². The highest BCUT2D eigenvalue weighted by molar-refractivity contribution is 7.80. The van der Waals surface area contributed by atoms with Crippen LogP contribution in [0.2, 0.25) is 0 Å². The Labute approximate surface area is 178 Å². The normalized spacial score (nSPS) is 12.5. The van der Waals surface area contributed by atoms with E-state index in [0.29, 0.717) is 22.5 Å². The average molecular weight is 415 g/mol. The third-order valence-corrected chi connectivity index (χ3v) is 4.84. The second-order valence-electron chi connectivity index (χ2n) is 6.70. The summed E-state index contributed by atoms with van der Waals surface area (Å²) in [5.41, 5.74) is 2.77. The Morgan fingerprint density at radius 2 is 1.37 bits per heavy atom. The Morgan fingerprint density at radius 1 is 0.800 bits per heavy atom. The molecule has 0 fully saturated rings. The molecule has 148 valence electrons. The molecule has 7 heteroatoms. The van der Waals surface area contributed by atoms with Gasteiger partial charge in [0.2, 0.25) is 5.91 Å². The van der Waals surface area contributed by atoms with E-state index in [-0.39, 0.29) is 29.3 Å². The number of fused-ring (bicyclic) bond motifs is 1. The molecule has 1 aliphatic heterocycles. The zero-order valence-electron chi connectivity index (χ0n) is 15.8. The van der Waals surface area contributed by atoms with E-state index in [1.165, 1.54) is 0 Å². The van der Waals surface area contributed by atoms with E-state index in [4.69, 9.17) is 12.2 Å². The number of imide groups is 1. The van der Waals surface area contributed by atoms with Crippen LogP contribution in [0, 0.1) is 0 Å². The Bertz CT molecular complexity index is 1110. The van der Waals surface area contributed by atoms with Crippen LogP contribution in [0.4, 0.5) is 11.4 Å². The number of benzene rings is 3. The van der Waals surface area contributed by atoms with Gasteiger partial charge in [0.05, 0.1) is 23.2 Å². The average Bonchev–Trinajstić information content (AvgIpc) is 3.00. The number of carbonyl (C=O) groups excluding carboxylic acids is 3. The van der Waals surface area contributed by atoms with E-state index in [9.17, 15) is 14.4 Å². The number of carbonyl (C=O) groups is 3. The van der Waals surface area contributed by atoms with Crippen LogP contribution in [0.5, 0.6) is 0 Å². The van der Waals surface area contributed by atoms with Crippen LogP contribution in [0.25, 0.3) is 0 Å². The number of nitrogens with one attached hydrogen (secondary N) is 2. The predicted molar refractivity (Wildman–Crippen MR) is 119 cm³/mol. The number of hydrogen-bond donors (Lipinski definition) is 2. The van der Waals surface area contributed by atoms with Gasteiger partial charge >= 0.3 is 0 Å². The highest BCUT2D eigenvalue weighted by Gasteiger charge is 2.36. The van der Waals surface area contributed by atoms with E-state index in [1.807, 2.05) is 30.3 Å². The minimum atomic E-state index is -0.347. The fourth-order valence-electron chi connectivity index (χ4n) is 3.23. The van der Waals surface area contributed by atoms with Crippen molar-refractivity contribution in [3.8, 4) is 0 Å². The number of anilines is 2. The topological polar surface area (TPSA) is 78.5 Å². The maximum atomic E-state index is 12.6. The lowest BCUT2D eigenvalue weighted by Gasteiger charge is -2.15. The first-order valence-electron chi connectivity index (χ1n) is 9.25. The summed E-state index contributed by atoms with van der Waals surface area (Å²) < 4.78 is 0. The lowest BCUT2D eigenvalue weighted by Crippen LogP contribution is -2.35. The first kappa shape index (κ1) is 19.5. The molecule has 0 atom stereocenters. The summed E-state index contributed by atoms with van der Waals surface area (Å²) in [5.74, 6) is -0.915. The molecule has 6 nitrogen and oxygen atoms in total. The Balaban J connectivity index is 1.38. The first-order valence-corrected chi connectivity index (χ1v) is 9.66. The minimum Gasteiger partial charge on any atom is -0.332 e. The Morgan fingerprint density at radius 3 is 1.97 bits per heavy atom. The quantitative estimate of drug-likeness (QED) is 0.503. The monoisotopic (exact) mass is 415 g/mol. The van der Waals surface area contributed by atoms with Crippen molar-refractivity contribution in [2.45, 2.75) is 6.42 Å². The fraction of sp³-hybridized carbons (Fsp3) is 0.0435. The zero-order chi connectivity index (χ0) is 21.1. The SMILES string of the molecule is O=C(Cc1ccccc1)NC(=S)Nc1ccc(N2C(=O)c3ccccc3C2=O)cc1. The van der Waals surface area contributed by atoms with Crippen LogP contribution < -0.4 is 15.5 Å². The molecule has 1 aliphatic rings. The number of rotatable bonds is 4. The van der Waals surface area contributed by atoms with Crippen molar-refractivity contribution < 1.29 is 14.4 Å². The van der Waals surface area contributed by atoms with Gasteiger partial charge < -0.3 is 10.6 Å². The summed E-state index contributed by atoms with van der Waals surface area (Å²) in [6.07, 6.45) is 0.224. The molecule has 0 unspecified atom stereocenters. The smallest absolute Gasteiger partial charge is 0.266 e. The van der Waals surface area contributed by atoms with Gasteiger partial charge in [-0.05, 0) is 54.2 Å². The van der Waals surface area contributed by atoms with E-state index in [1.54, 1.807) is 48.5 Å². The molecular weight excluding hydrogens is 398 g/mol. The summed E-state index contributed by atoms with van der Waals surface area (Å²) in [6.45, 7) is 0. The molecule has 0 spiro atoms. The number of nitrogens with zero attached hydrogens (tertiary/aromatic N) is 1. The predicted octanol–water partition coefficient (Wildman–Crippen LogP) is 3.54. The van der Waals surface area contributed by atoms with Crippen LogP contribution in [0.1, 0.15) is 26.3 Å². The van der Waals surface area contributed by atoms with Gasteiger partial charge in [0.1, 0.15) is 0 Å². The Kier molecular flexibility index (Phi) is 5.36. The zero-order valence-corrected chi connectivity index (χ0v) is 16.6. The molecule has 0 saturated carbocycles. The molecule has 0 radical (unpaired) electrons. The van der Waals surface area contributed by atoms with Gasteiger partial charge in [0.25, 0.3) is 11.8 Å². The summed E-state index contributed by atoms with van der Waals surface area (Å²) in [7, 11) is 0. The second-order valence-corrected chi connectivity index (χ2v) is 7.11. The van der Waals surface area contributed by atoms with Crippen molar-refractivity contribution in [2.75, 3.05) is 10.2 Å². The van der Waals surface area contributed by atoms with Crippen molar-refractivity contribution in [2.24, 2.45) is 0 Å². The summed E-state index contributed by atoms with van der Waals surface area (Å²) in [6, 6.07) is 22.8. The summed E-state index contributed by atoms with van der Waals surface area (Å²) >= 11 is 5.19. The number of thiocarbonyl (C=S) groups is 1. The molecule has 0 saturated heterocycles. The summed E-state index contributed by atoms with van der Waals surface area (Å²) in [4.78, 5) is 38.4. The van der Waals surface area contributed by atoms with Gasteiger partial charge in [0, 0.05) is 5.69 Å². The maximum absolute atomic E-state index is 12.6. The van der Waals surface area contributed by atoms with Crippen molar-refractivity contribution in [1.29, 1.82) is 0 Å². The highest BCUT2D eigenvalue weighted by Crippen LogP contribution is 2.28. The van der Waals surface area contributed by atoms with E-state index < -0.39 is 0 Å². The van der Waals surface area contributed by atoms with Crippen LogP contribution in [-0.4, -0.2) is 22.8 Å². The van der Waals surface area contributed by atoms with E-state index >= 15 is 0 Å². The second kappa shape index (κ2) is 8.26. The third kappa shape index (κ3) is 3.97. The van der Waals surface area contributed by atoms with Crippen molar-refractivity contribution in [1.82, 2.24) is 5.32 Å². The lowest BCUT2D eigenvalue weighted by molar-refractivity contribution is -0.119. The fourth-order valence-corrected chi connectivity index (χ4v) is 3.46. The molecule has 3 aromatic carbocycles. The standard InChI is InChI=1S/C23H17N3O3S/c27-20(14-15-6-2-1-3-7-15)25-23(30)24-16-10-12-17(13-11-16)26-21(28)18-8-4-5-9-19(18)22(26)29/h1-13H,14H2,(H2,24,25,27,30). The molecule has 0 aliphatic carbocycles. The third-order valence-electron chi connectivity index (χ3n) is 4.64. The molecule has 30 heavy (non-hydrogen) atoms. The Hall–Kier alpha value is -3.84. The molecule has 0 aromatic heterocycles. The highest BCUT2D eigenvalue weighted by atomic mass is 32.1. The van der Waals surface area contributed by atoms with Gasteiger partial charge in [0.15, 0.2) is 5.11 Å². The van der Waals surface area contributed by atoms with E-state index in [0.717, 1.165) is 10.5 Å². The van der Waals surface area contributed by atoms with Gasteiger partial charge in [-0.3, -0.25) is 14.4 Å². The van der Waals surface area contributed by atoms with Crippen molar-refractivity contribution >= 4 is 46.4 Å². The van der Waals surface area contributed by atoms with Crippen LogP contribution in [0.15, 0.2) is 78.9 Å².